The lowest BCUT2D eigenvalue weighted by Gasteiger charge is -2.22. The summed E-state index contributed by atoms with van der Waals surface area (Å²) in [6, 6.07) is -0.0392. The molecule has 20 heavy (non-hydrogen) atoms. The maximum Gasteiger partial charge on any atom is 0.407 e. The number of hydrogen-bond donors (Lipinski definition) is 2. The Morgan fingerprint density at radius 3 is 2.65 bits per heavy atom. The molecule has 114 valence electrons. The fraction of sp³-hybridized carbons (Fsp3) is 0.733. The molecule has 1 aliphatic rings. The zero-order valence-corrected chi connectivity index (χ0v) is 12.9. The topological polar surface area (TPSA) is 67.4 Å². The number of ether oxygens (including phenoxy) is 1. The molecular formula is C15H26N2O3. The molecule has 1 unspecified atom stereocenters. The van der Waals surface area contributed by atoms with Gasteiger partial charge in [0.25, 0.3) is 0 Å². The Morgan fingerprint density at radius 1 is 1.40 bits per heavy atom. The van der Waals surface area contributed by atoms with Gasteiger partial charge in [0.15, 0.2) is 0 Å². The molecule has 2 amide bonds. The van der Waals surface area contributed by atoms with Crippen molar-refractivity contribution in [1.29, 1.82) is 0 Å². The predicted octanol–water partition coefficient (Wildman–Crippen LogP) is 2.52. The van der Waals surface area contributed by atoms with Gasteiger partial charge in [-0.1, -0.05) is 6.08 Å². The standard InChI is InChI=1S/C15H26N2O3/c1-11(17-14(19)20-15(2,3)4)9-10-16-13(18)12-7-5-6-8-12/h7,11H,5-6,8-10H2,1-4H3,(H,16,18)(H,17,19). The van der Waals surface area contributed by atoms with Crippen molar-refractivity contribution in [3.8, 4) is 0 Å². The molecule has 0 saturated heterocycles. The van der Waals surface area contributed by atoms with Crippen molar-refractivity contribution in [2.24, 2.45) is 0 Å². The zero-order valence-electron chi connectivity index (χ0n) is 12.9. The molecule has 1 aliphatic carbocycles. The summed E-state index contributed by atoms with van der Waals surface area (Å²) in [5.41, 5.74) is 0.394. The number of nitrogens with one attached hydrogen (secondary N) is 2. The van der Waals surface area contributed by atoms with Crippen LogP contribution in [0.4, 0.5) is 4.79 Å². The molecule has 1 rings (SSSR count). The highest BCUT2D eigenvalue weighted by molar-refractivity contribution is 5.93. The Kier molecular flexibility index (Phi) is 6.05. The molecule has 0 aromatic rings. The van der Waals surface area contributed by atoms with E-state index in [1.165, 1.54) is 0 Å². The molecule has 0 radical (unpaired) electrons. The third-order valence-corrected chi connectivity index (χ3v) is 2.96. The van der Waals surface area contributed by atoms with E-state index >= 15 is 0 Å². The first-order chi connectivity index (χ1) is 9.28. The molecule has 2 N–H and O–H groups in total. The van der Waals surface area contributed by atoms with Crippen LogP contribution < -0.4 is 10.6 Å². The van der Waals surface area contributed by atoms with Crippen LogP contribution in [0.5, 0.6) is 0 Å². The molecule has 0 heterocycles. The number of amides is 2. The van der Waals surface area contributed by atoms with Gasteiger partial charge in [-0.3, -0.25) is 4.79 Å². The zero-order chi connectivity index (χ0) is 15.2. The molecule has 0 bridgehead atoms. The Bertz CT molecular complexity index is 383. The third kappa shape index (κ3) is 6.59. The molecule has 0 aromatic carbocycles. The summed E-state index contributed by atoms with van der Waals surface area (Å²) in [5.74, 6) is 0.0203. The van der Waals surface area contributed by atoms with Crippen molar-refractivity contribution in [2.75, 3.05) is 6.54 Å². The Hall–Kier alpha value is -1.52. The van der Waals surface area contributed by atoms with Crippen LogP contribution in [-0.4, -0.2) is 30.2 Å². The van der Waals surface area contributed by atoms with E-state index in [0.717, 1.165) is 24.8 Å². The Morgan fingerprint density at radius 2 is 2.10 bits per heavy atom. The highest BCUT2D eigenvalue weighted by Gasteiger charge is 2.18. The summed E-state index contributed by atoms with van der Waals surface area (Å²) >= 11 is 0. The second-order valence-corrected chi connectivity index (χ2v) is 6.21. The number of carbonyl (C=O) groups excluding carboxylic acids is 2. The fourth-order valence-electron chi connectivity index (χ4n) is 1.97. The van der Waals surface area contributed by atoms with Crippen LogP contribution in [0.1, 0.15) is 53.4 Å². The van der Waals surface area contributed by atoms with Gasteiger partial charge in [0.1, 0.15) is 5.60 Å². The Labute approximate surface area is 121 Å². The lowest BCUT2D eigenvalue weighted by molar-refractivity contribution is -0.117. The summed E-state index contributed by atoms with van der Waals surface area (Å²) in [4.78, 5) is 23.3. The predicted molar refractivity (Wildman–Crippen MR) is 78.4 cm³/mol. The highest BCUT2D eigenvalue weighted by Crippen LogP contribution is 2.17. The van der Waals surface area contributed by atoms with Gasteiger partial charge < -0.3 is 15.4 Å². The first-order valence-electron chi connectivity index (χ1n) is 7.24. The number of rotatable bonds is 5. The smallest absolute Gasteiger partial charge is 0.407 e. The highest BCUT2D eigenvalue weighted by atomic mass is 16.6. The van der Waals surface area contributed by atoms with E-state index in [1.54, 1.807) is 0 Å². The molecule has 0 saturated carbocycles. The van der Waals surface area contributed by atoms with E-state index in [9.17, 15) is 9.59 Å². The number of allylic oxidation sites excluding steroid dienone is 1. The molecule has 0 aliphatic heterocycles. The minimum atomic E-state index is -0.493. The van der Waals surface area contributed by atoms with Crippen molar-refractivity contribution >= 4 is 12.0 Å². The lowest BCUT2D eigenvalue weighted by atomic mass is 10.2. The second-order valence-electron chi connectivity index (χ2n) is 6.21. The van der Waals surface area contributed by atoms with Crippen LogP contribution in [0.2, 0.25) is 0 Å². The van der Waals surface area contributed by atoms with Gasteiger partial charge in [0, 0.05) is 18.2 Å². The van der Waals surface area contributed by atoms with Gasteiger partial charge in [0.05, 0.1) is 0 Å². The van der Waals surface area contributed by atoms with E-state index in [0.29, 0.717) is 13.0 Å². The molecule has 5 nitrogen and oxygen atoms in total. The van der Waals surface area contributed by atoms with Crippen molar-refractivity contribution < 1.29 is 14.3 Å². The van der Waals surface area contributed by atoms with Gasteiger partial charge in [-0.15, -0.1) is 0 Å². The molecule has 0 aromatic heterocycles. The van der Waals surface area contributed by atoms with E-state index in [1.807, 2.05) is 33.8 Å². The summed E-state index contributed by atoms with van der Waals surface area (Å²) in [7, 11) is 0. The maximum atomic E-state index is 11.7. The SMILES string of the molecule is CC(CCNC(=O)C1=CCCC1)NC(=O)OC(C)(C)C. The van der Waals surface area contributed by atoms with Gasteiger partial charge in [-0.2, -0.15) is 0 Å². The summed E-state index contributed by atoms with van der Waals surface area (Å²) in [6.07, 6.45) is 5.20. The maximum absolute atomic E-state index is 11.7. The van der Waals surface area contributed by atoms with Gasteiger partial charge in [-0.25, -0.2) is 4.79 Å². The van der Waals surface area contributed by atoms with Crippen LogP contribution in [0.25, 0.3) is 0 Å². The molecule has 5 heteroatoms. The Balaban J connectivity index is 2.18. The van der Waals surface area contributed by atoms with E-state index < -0.39 is 11.7 Å². The summed E-state index contributed by atoms with van der Waals surface area (Å²) in [6.45, 7) is 7.92. The van der Waals surface area contributed by atoms with Crippen LogP contribution >= 0.6 is 0 Å². The van der Waals surface area contributed by atoms with E-state index in [2.05, 4.69) is 10.6 Å². The van der Waals surface area contributed by atoms with Crippen molar-refractivity contribution in [3.63, 3.8) is 0 Å². The number of alkyl carbamates (subject to hydrolysis) is 1. The minimum Gasteiger partial charge on any atom is -0.444 e. The van der Waals surface area contributed by atoms with Gasteiger partial charge in [-0.05, 0) is 53.4 Å². The first-order valence-corrected chi connectivity index (χ1v) is 7.24. The average Bonchev–Trinajstić information content (AvgIpc) is 2.78. The van der Waals surface area contributed by atoms with Gasteiger partial charge >= 0.3 is 6.09 Å². The van der Waals surface area contributed by atoms with Gasteiger partial charge in [0.2, 0.25) is 5.91 Å². The third-order valence-electron chi connectivity index (χ3n) is 2.96. The van der Waals surface area contributed by atoms with Crippen LogP contribution in [0, 0.1) is 0 Å². The first kappa shape index (κ1) is 16.5. The molecule has 1 atom stereocenters. The van der Waals surface area contributed by atoms with E-state index in [-0.39, 0.29) is 11.9 Å². The van der Waals surface area contributed by atoms with Crippen molar-refractivity contribution in [3.05, 3.63) is 11.6 Å². The second kappa shape index (κ2) is 7.31. The van der Waals surface area contributed by atoms with Crippen LogP contribution in [0.15, 0.2) is 11.6 Å². The van der Waals surface area contributed by atoms with Crippen LogP contribution in [-0.2, 0) is 9.53 Å². The van der Waals surface area contributed by atoms with Crippen molar-refractivity contribution in [2.45, 2.75) is 65.0 Å². The number of carbonyl (C=O) groups is 2. The molecule has 0 spiro atoms. The summed E-state index contributed by atoms with van der Waals surface area (Å²) in [5, 5.41) is 5.63. The lowest BCUT2D eigenvalue weighted by Crippen LogP contribution is -2.39. The summed E-state index contributed by atoms with van der Waals surface area (Å²) < 4.78 is 5.17. The largest absolute Gasteiger partial charge is 0.444 e. The van der Waals surface area contributed by atoms with E-state index in [4.69, 9.17) is 4.74 Å². The van der Waals surface area contributed by atoms with Crippen LogP contribution in [0.3, 0.4) is 0 Å². The quantitative estimate of drug-likeness (QED) is 0.814. The molecule has 0 fully saturated rings. The average molecular weight is 282 g/mol. The fourth-order valence-corrected chi connectivity index (χ4v) is 1.97. The monoisotopic (exact) mass is 282 g/mol. The van der Waals surface area contributed by atoms with Crippen molar-refractivity contribution in [1.82, 2.24) is 10.6 Å². The molecular weight excluding hydrogens is 256 g/mol. The number of hydrogen-bond acceptors (Lipinski definition) is 3. The normalized spacial score (nSPS) is 16.3. The minimum absolute atomic E-state index is 0.0203.